The zero-order valence-electron chi connectivity index (χ0n) is 18.1. The van der Waals surface area contributed by atoms with Gasteiger partial charge < -0.3 is 19.7 Å². The lowest BCUT2D eigenvalue weighted by Crippen LogP contribution is -2.38. The Hall–Kier alpha value is -3.49. The van der Waals surface area contributed by atoms with Crippen molar-refractivity contribution >= 4 is 17.5 Å². The summed E-state index contributed by atoms with van der Waals surface area (Å²) in [6.45, 7) is 5.10. The molecule has 2 aromatic rings. The zero-order valence-corrected chi connectivity index (χ0v) is 18.1. The van der Waals surface area contributed by atoms with Crippen LogP contribution in [-0.2, 0) is 17.4 Å². The summed E-state index contributed by atoms with van der Waals surface area (Å²) >= 11 is 0. The van der Waals surface area contributed by atoms with Crippen LogP contribution in [-0.4, -0.2) is 44.0 Å². The Kier molecular flexibility index (Phi) is 8.28. The van der Waals surface area contributed by atoms with Gasteiger partial charge in [0.25, 0.3) is 5.91 Å². The maximum atomic E-state index is 13.2. The van der Waals surface area contributed by atoms with E-state index in [2.05, 4.69) is 11.9 Å². The van der Waals surface area contributed by atoms with Crippen LogP contribution in [0, 0.1) is 0 Å². The number of nitrogens with one attached hydrogen (secondary N) is 1. The van der Waals surface area contributed by atoms with Crippen molar-refractivity contribution in [3.63, 3.8) is 0 Å². The molecule has 0 radical (unpaired) electrons. The Bertz CT molecular complexity index is 990. The van der Waals surface area contributed by atoms with Gasteiger partial charge in [-0.2, -0.15) is 13.2 Å². The van der Waals surface area contributed by atoms with E-state index in [0.717, 1.165) is 12.1 Å². The average molecular weight is 450 g/mol. The minimum Gasteiger partial charge on any atom is -0.493 e. The summed E-state index contributed by atoms with van der Waals surface area (Å²) in [5.74, 6) is -0.412. The van der Waals surface area contributed by atoms with Crippen LogP contribution >= 0.6 is 0 Å². The van der Waals surface area contributed by atoms with Crippen LogP contribution in [0.5, 0.6) is 11.5 Å². The smallest absolute Gasteiger partial charge is 0.418 e. The van der Waals surface area contributed by atoms with Gasteiger partial charge in [-0.15, -0.1) is 6.58 Å². The Morgan fingerprint density at radius 2 is 1.84 bits per heavy atom. The standard InChI is InChI=1S/C23H25F3N2O4/c1-5-9-15-12-16(13-19(31-3)21(15)32-4)22(30)28(6-2)14-20(29)27-18-11-8-7-10-17(18)23(24,25)26/h5,7-8,10-13H,1,6,9,14H2,2-4H3,(H,27,29). The molecule has 0 fully saturated rings. The molecule has 0 atom stereocenters. The second kappa shape index (κ2) is 10.7. The highest BCUT2D eigenvalue weighted by Crippen LogP contribution is 2.35. The molecule has 32 heavy (non-hydrogen) atoms. The quantitative estimate of drug-likeness (QED) is 0.569. The van der Waals surface area contributed by atoms with Gasteiger partial charge in [-0.1, -0.05) is 18.2 Å². The molecule has 0 aliphatic rings. The first-order valence-corrected chi connectivity index (χ1v) is 9.77. The van der Waals surface area contributed by atoms with Crippen LogP contribution in [0.1, 0.15) is 28.4 Å². The highest BCUT2D eigenvalue weighted by Gasteiger charge is 2.33. The molecule has 172 valence electrons. The molecule has 0 aromatic heterocycles. The van der Waals surface area contributed by atoms with Crippen molar-refractivity contribution < 1.29 is 32.2 Å². The maximum Gasteiger partial charge on any atom is 0.418 e. The molecule has 1 N–H and O–H groups in total. The molecule has 0 bridgehead atoms. The molecule has 6 nitrogen and oxygen atoms in total. The number of amides is 2. The number of anilines is 1. The molecule has 2 aromatic carbocycles. The molecular formula is C23H25F3N2O4. The zero-order chi connectivity index (χ0) is 23.9. The van der Waals surface area contributed by atoms with E-state index in [4.69, 9.17) is 9.47 Å². The Labute approximate surface area is 184 Å². The van der Waals surface area contributed by atoms with E-state index in [0.29, 0.717) is 23.5 Å². The fourth-order valence-electron chi connectivity index (χ4n) is 3.19. The number of methoxy groups -OCH3 is 2. The first-order valence-electron chi connectivity index (χ1n) is 9.77. The fraction of sp³-hybridized carbons (Fsp3) is 0.304. The number of para-hydroxylation sites is 1. The van der Waals surface area contributed by atoms with Crippen LogP contribution in [0.3, 0.4) is 0 Å². The van der Waals surface area contributed by atoms with Crippen molar-refractivity contribution in [2.45, 2.75) is 19.5 Å². The average Bonchev–Trinajstić information content (AvgIpc) is 2.76. The minimum atomic E-state index is -4.62. The van der Waals surface area contributed by atoms with E-state index < -0.39 is 30.1 Å². The van der Waals surface area contributed by atoms with Crippen molar-refractivity contribution in [1.29, 1.82) is 0 Å². The lowest BCUT2D eigenvalue weighted by Gasteiger charge is -2.22. The van der Waals surface area contributed by atoms with Gasteiger partial charge in [-0.3, -0.25) is 9.59 Å². The third-order valence-electron chi connectivity index (χ3n) is 4.68. The SMILES string of the molecule is C=CCc1cc(C(=O)N(CC)CC(=O)Nc2ccccc2C(F)(F)F)cc(OC)c1OC. The van der Waals surface area contributed by atoms with E-state index in [1.165, 1.54) is 37.3 Å². The van der Waals surface area contributed by atoms with E-state index in [1.807, 2.05) is 0 Å². The number of benzene rings is 2. The van der Waals surface area contributed by atoms with Crippen molar-refractivity contribution in [1.82, 2.24) is 4.90 Å². The molecule has 0 aliphatic carbocycles. The third kappa shape index (κ3) is 5.81. The number of hydrogen-bond donors (Lipinski definition) is 1. The minimum absolute atomic E-state index is 0.165. The van der Waals surface area contributed by atoms with Crippen LogP contribution in [0.15, 0.2) is 49.1 Å². The second-order valence-electron chi connectivity index (χ2n) is 6.77. The van der Waals surface area contributed by atoms with Gasteiger partial charge in [0.15, 0.2) is 11.5 Å². The van der Waals surface area contributed by atoms with Gasteiger partial charge in [-0.05, 0) is 37.6 Å². The number of hydrogen-bond acceptors (Lipinski definition) is 4. The molecule has 0 saturated heterocycles. The number of carbonyl (C=O) groups is 2. The summed E-state index contributed by atoms with van der Waals surface area (Å²) in [6, 6.07) is 7.77. The van der Waals surface area contributed by atoms with Gasteiger partial charge in [-0.25, -0.2) is 0 Å². The number of ether oxygens (including phenoxy) is 2. The predicted molar refractivity (Wildman–Crippen MR) is 115 cm³/mol. The maximum absolute atomic E-state index is 13.2. The molecule has 2 amide bonds. The van der Waals surface area contributed by atoms with Gasteiger partial charge in [0.1, 0.15) is 6.54 Å². The first kappa shape index (κ1) is 24.8. The van der Waals surface area contributed by atoms with Crippen molar-refractivity contribution in [2.75, 3.05) is 32.6 Å². The highest BCUT2D eigenvalue weighted by molar-refractivity contribution is 6.00. The Balaban J connectivity index is 2.26. The lowest BCUT2D eigenvalue weighted by molar-refractivity contribution is -0.137. The third-order valence-corrected chi connectivity index (χ3v) is 4.68. The summed E-state index contributed by atoms with van der Waals surface area (Å²) < 4.78 is 50.2. The Morgan fingerprint density at radius 3 is 2.41 bits per heavy atom. The van der Waals surface area contributed by atoms with E-state index >= 15 is 0 Å². The first-order chi connectivity index (χ1) is 15.2. The molecule has 9 heteroatoms. The summed E-state index contributed by atoms with van der Waals surface area (Å²) in [6.07, 6.45) is -2.55. The van der Waals surface area contributed by atoms with E-state index in [-0.39, 0.29) is 17.8 Å². The summed E-state index contributed by atoms with van der Waals surface area (Å²) in [7, 11) is 2.92. The van der Waals surface area contributed by atoms with Crippen molar-refractivity contribution in [3.8, 4) is 11.5 Å². The Morgan fingerprint density at radius 1 is 1.16 bits per heavy atom. The normalized spacial score (nSPS) is 10.9. The number of likely N-dealkylation sites (N-methyl/N-ethyl adjacent to an activating group) is 1. The molecule has 0 heterocycles. The lowest BCUT2D eigenvalue weighted by atomic mass is 10.0. The number of halogens is 3. The van der Waals surface area contributed by atoms with Crippen molar-refractivity contribution in [2.24, 2.45) is 0 Å². The van der Waals surface area contributed by atoms with E-state index in [9.17, 15) is 22.8 Å². The van der Waals surface area contributed by atoms with Crippen molar-refractivity contribution in [3.05, 3.63) is 65.7 Å². The highest BCUT2D eigenvalue weighted by atomic mass is 19.4. The van der Waals surface area contributed by atoms with Gasteiger partial charge in [0.05, 0.1) is 25.5 Å². The van der Waals surface area contributed by atoms with E-state index in [1.54, 1.807) is 19.1 Å². The van der Waals surface area contributed by atoms with Crippen LogP contribution in [0.2, 0.25) is 0 Å². The summed E-state index contributed by atoms with van der Waals surface area (Å²) in [4.78, 5) is 26.7. The van der Waals surface area contributed by atoms with Gasteiger partial charge in [0.2, 0.25) is 5.91 Å². The molecule has 0 unspecified atom stereocenters. The molecule has 2 rings (SSSR count). The van der Waals surface area contributed by atoms with Crippen LogP contribution < -0.4 is 14.8 Å². The van der Waals surface area contributed by atoms with Gasteiger partial charge >= 0.3 is 6.18 Å². The van der Waals surface area contributed by atoms with Gasteiger partial charge in [0, 0.05) is 17.7 Å². The molecule has 0 spiro atoms. The second-order valence-corrected chi connectivity index (χ2v) is 6.77. The summed E-state index contributed by atoms with van der Waals surface area (Å²) in [5.41, 5.74) is -0.403. The van der Waals surface area contributed by atoms with Crippen LogP contribution in [0.25, 0.3) is 0 Å². The number of rotatable bonds is 9. The molecule has 0 saturated carbocycles. The van der Waals surface area contributed by atoms with Crippen LogP contribution in [0.4, 0.5) is 18.9 Å². The largest absolute Gasteiger partial charge is 0.493 e. The number of nitrogens with zero attached hydrogens (tertiary/aromatic N) is 1. The number of allylic oxidation sites excluding steroid dienone is 1. The molecule has 0 aliphatic heterocycles. The number of alkyl halides is 3. The fourth-order valence-corrected chi connectivity index (χ4v) is 3.19. The number of carbonyl (C=O) groups excluding carboxylic acids is 2. The monoisotopic (exact) mass is 450 g/mol. The predicted octanol–water partition coefficient (Wildman–Crippen LogP) is 4.55. The topological polar surface area (TPSA) is 67.9 Å². The molecular weight excluding hydrogens is 425 g/mol. The summed E-state index contributed by atoms with van der Waals surface area (Å²) in [5, 5.41) is 2.25.